The van der Waals surface area contributed by atoms with Gasteiger partial charge in [-0.15, -0.1) is 16.9 Å². The summed E-state index contributed by atoms with van der Waals surface area (Å²) in [5, 5.41) is 15.2. The third-order valence-electron chi connectivity index (χ3n) is 3.16. The third kappa shape index (κ3) is 5.84. The van der Waals surface area contributed by atoms with E-state index in [2.05, 4.69) is 20.8 Å². The molecule has 1 N–H and O–H groups in total. The van der Waals surface area contributed by atoms with Crippen LogP contribution in [-0.2, 0) is 17.0 Å². The predicted octanol–water partition coefficient (Wildman–Crippen LogP) is 2.50. The molecule has 0 aliphatic carbocycles. The predicted molar refractivity (Wildman–Crippen MR) is 92.5 cm³/mol. The summed E-state index contributed by atoms with van der Waals surface area (Å²) in [5.41, 5.74) is 1.15. The average molecular weight is 354 g/mol. The van der Waals surface area contributed by atoms with Gasteiger partial charge in [0.1, 0.15) is 0 Å². The first kappa shape index (κ1) is 17.7. The van der Waals surface area contributed by atoms with E-state index in [-0.39, 0.29) is 11.9 Å². The van der Waals surface area contributed by atoms with Crippen LogP contribution in [-0.4, -0.2) is 38.4 Å². The Morgan fingerprint density at radius 3 is 2.78 bits per heavy atom. The van der Waals surface area contributed by atoms with Crippen LogP contribution in [0, 0.1) is 0 Å². The van der Waals surface area contributed by atoms with Crippen LogP contribution in [0.5, 0.6) is 0 Å². The molecule has 0 radical (unpaired) electrons. The number of nitrogens with one attached hydrogen (secondary N) is 1. The lowest BCUT2D eigenvalue weighted by molar-refractivity contribution is -0.118. The van der Waals surface area contributed by atoms with Gasteiger partial charge in [0.15, 0.2) is 5.82 Å². The molecule has 23 heavy (non-hydrogen) atoms. The summed E-state index contributed by atoms with van der Waals surface area (Å²) < 4.78 is 1.77. The number of carbonyl (C=O) groups excluding carboxylic acids is 1. The van der Waals surface area contributed by atoms with E-state index in [1.807, 2.05) is 38.1 Å². The molecule has 124 valence electrons. The van der Waals surface area contributed by atoms with Crippen molar-refractivity contribution in [3.8, 4) is 0 Å². The van der Waals surface area contributed by atoms with Gasteiger partial charge in [-0.1, -0.05) is 23.7 Å². The number of hydrogen-bond donors (Lipinski definition) is 1. The molecule has 2 aromatic rings. The zero-order valence-corrected chi connectivity index (χ0v) is 14.8. The van der Waals surface area contributed by atoms with E-state index in [9.17, 15) is 4.79 Å². The summed E-state index contributed by atoms with van der Waals surface area (Å²) in [6.07, 6.45) is 0.791. The van der Waals surface area contributed by atoms with Gasteiger partial charge in [0.05, 0.1) is 17.5 Å². The number of hydrogen-bond acceptors (Lipinski definition) is 5. The van der Waals surface area contributed by atoms with Gasteiger partial charge in [-0.3, -0.25) is 4.79 Å². The number of nitrogens with zero attached hydrogens (tertiary/aromatic N) is 4. The van der Waals surface area contributed by atoms with Crippen LogP contribution in [0.15, 0.2) is 24.3 Å². The molecule has 2 rings (SSSR count). The molecular formula is C15H20ClN5OS. The Kier molecular flexibility index (Phi) is 6.85. The second-order valence-electron chi connectivity index (χ2n) is 5.35. The fourth-order valence-corrected chi connectivity index (χ4v) is 2.88. The number of halogens is 1. The number of tetrazole rings is 1. The van der Waals surface area contributed by atoms with Crippen molar-refractivity contribution in [3.63, 3.8) is 0 Å². The van der Waals surface area contributed by atoms with Crippen molar-refractivity contribution in [3.05, 3.63) is 40.7 Å². The molecule has 1 amide bonds. The van der Waals surface area contributed by atoms with E-state index in [1.165, 1.54) is 11.8 Å². The van der Waals surface area contributed by atoms with Crippen molar-refractivity contribution in [2.75, 3.05) is 12.3 Å². The minimum absolute atomic E-state index is 0.0209. The fraction of sp³-hybridized carbons (Fsp3) is 0.467. The number of benzene rings is 1. The molecule has 0 aliphatic heterocycles. The topological polar surface area (TPSA) is 72.7 Å². The Hall–Kier alpha value is -1.60. The molecule has 0 atom stereocenters. The van der Waals surface area contributed by atoms with Gasteiger partial charge in [0, 0.05) is 11.6 Å². The van der Waals surface area contributed by atoms with E-state index in [0.717, 1.165) is 22.8 Å². The number of carbonyl (C=O) groups is 1. The van der Waals surface area contributed by atoms with E-state index < -0.39 is 0 Å². The van der Waals surface area contributed by atoms with Gasteiger partial charge in [-0.05, 0) is 48.4 Å². The minimum atomic E-state index is 0.0209. The van der Waals surface area contributed by atoms with Gasteiger partial charge < -0.3 is 5.32 Å². The third-order valence-corrected chi connectivity index (χ3v) is 4.34. The van der Waals surface area contributed by atoms with Crippen molar-refractivity contribution >= 4 is 29.3 Å². The first-order valence-corrected chi connectivity index (χ1v) is 8.95. The average Bonchev–Trinajstić information content (AvgIpc) is 2.98. The Morgan fingerprint density at radius 1 is 1.35 bits per heavy atom. The molecule has 1 heterocycles. The molecule has 0 saturated carbocycles. The zero-order valence-electron chi connectivity index (χ0n) is 13.2. The molecule has 1 aromatic carbocycles. The number of aromatic nitrogens is 4. The van der Waals surface area contributed by atoms with Gasteiger partial charge in [-0.2, -0.15) is 0 Å². The quantitative estimate of drug-likeness (QED) is 0.789. The summed E-state index contributed by atoms with van der Waals surface area (Å²) >= 11 is 7.34. The molecule has 6 nitrogen and oxygen atoms in total. The number of rotatable bonds is 8. The fourth-order valence-electron chi connectivity index (χ4n) is 1.99. The largest absolute Gasteiger partial charge is 0.355 e. The number of amides is 1. The van der Waals surface area contributed by atoms with Crippen molar-refractivity contribution in [2.45, 2.75) is 32.1 Å². The summed E-state index contributed by atoms with van der Waals surface area (Å²) in [4.78, 5) is 11.8. The van der Waals surface area contributed by atoms with Crippen LogP contribution in [0.2, 0.25) is 5.02 Å². The van der Waals surface area contributed by atoms with Crippen LogP contribution in [0.1, 0.15) is 31.3 Å². The molecule has 0 aliphatic rings. The van der Waals surface area contributed by atoms with E-state index in [1.54, 1.807) is 4.68 Å². The first-order chi connectivity index (χ1) is 11.1. The maximum atomic E-state index is 11.8. The second kappa shape index (κ2) is 8.88. The molecule has 0 spiro atoms. The van der Waals surface area contributed by atoms with Gasteiger partial charge in [-0.25, -0.2) is 4.68 Å². The lowest BCUT2D eigenvalue weighted by Crippen LogP contribution is -2.27. The maximum absolute atomic E-state index is 11.8. The Bertz CT molecular complexity index is 629. The molecular weight excluding hydrogens is 334 g/mol. The normalized spacial score (nSPS) is 11.0. The minimum Gasteiger partial charge on any atom is -0.355 e. The van der Waals surface area contributed by atoms with E-state index >= 15 is 0 Å². The van der Waals surface area contributed by atoms with Crippen molar-refractivity contribution < 1.29 is 4.79 Å². The molecule has 1 aromatic heterocycles. The highest BCUT2D eigenvalue weighted by molar-refractivity contribution is 7.99. The SMILES string of the molecule is CC(C)n1nnnc1CSCC(=O)NCCc1ccc(Cl)cc1. The monoisotopic (exact) mass is 353 g/mol. The highest BCUT2D eigenvalue weighted by atomic mass is 35.5. The first-order valence-electron chi connectivity index (χ1n) is 7.42. The van der Waals surface area contributed by atoms with Crippen LogP contribution >= 0.6 is 23.4 Å². The summed E-state index contributed by atoms with van der Waals surface area (Å²) in [5.74, 6) is 1.83. The number of thioether (sulfide) groups is 1. The van der Waals surface area contributed by atoms with Crippen LogP contribution in [0.3, 0.4) is 0 Å². The van der Waals surface area contributed by atoms with Crippen molar-refractivity contribution in [1.82, 2.24) is 25.5 Å². The van der Waals surface area contributed by atoms with E-state index in [4.69, 9.17) is 11.6 Å². The Balaban J connectivity index is 1.65. The smallest absolute Gasteiger partial charge is 0.230 e. The van der Waals surface area contributed by atoms with E-state index in [0.29, 0.717) is 18.1 Å². The molecule has 8 heteroatoms. The summed E-state index contributed by atoms with van der Waals surface area (Å²) in [6.45, 7) is 4.66. The molecule has 0 fully saturated rings. The molecule has 0 saturated heterocycles. The van der Waals surface area contributed by atoms with Gasteiger partial charge in [0.25, 0.3) is 0 Å². The zero-order chi connectivity index (χ0) is 16.7. The van der Waals surface area contributed by atoms with Crippen LogP contribution in [0.25, 0.3) is 0 Å². The summed E-state index contributed by atoms with van der Waals surface area (Å²) in [7, 11) is 0. The highest BCUT2D eigenvalue weighted by Crippen LogP contribution is 2.12. The summed E-state index contributed by atoms with van der Waals surface area (Å²) in [6, 6.07) is 7.86. The molecule has 0 unspecified atom stereocenters. The van der Waals surface area contributed by atoms with Crippen LogP contribution < -0.4 is 5.32 Å². The van der Waals surface area contributed by atoms with Crippen molar-refractivity contribution in [1.29, 1.82) is 0 Å². The lowest BCUT2D eigenvalue weighted by atomic mass is 10.1. The lowest BCUT2D eigenvalue weighted by Gasteiger charge is -2.08. The van der Waals surface area contributed by atoms with Gasteiger partial charge in [0.2, 0.25) is 5.91 Å². The Labute approximate surface area is 145 Å². The maximum Gasteiger partial charge on any atom is 0.230 e. The Morgan fingerprint density at radius 2 is 2.09 bits per heavy atom. The van der Waals surface area contributed by atoms with Gasteiger partial charge >= 0.3 is 0 Å². The standard InChI is InChI=1S/C15H20ClN5OS/c1-11(2)21-14(18-19-20-21)9-23-10-15(22)17-8-7-12-3-5-13(16)6-4-12/h3-6,11H,7-10H2,1-2H3,(H,17,22). The molecule has 0 bridgehead atoms. The van der Waals surface area contributed by atoms with Crippen LogP contribution in [0.4, 0.5) is 0 Å². The highest BCUT2D eigenvalue weighted by Gasteiger charge is 2.10. The van der Waals surface area contributed by atoms with Crippen molar-refractivity contribution in [2.24, 2.45) is 0 Å². The second-order valence-corrected chi connectivity index (χ2v) is 6.77.